The molecule has 0 aromatic heterocycles. The predicted octanol–water partition coefficient (Wildman–Crippen LogP) is 3.09. The van der Waals surface area contributed by atoms with Gasteiger partial charge in [-0.15, -0.1) is 0 Å². The summed E-state index contributed by atoms with van der Waals surface area (Å²) in [6.45, 7) is 7.08. The van der Waals surface area contributed by atoms with Crippen LogP contribution in [0.5, 0.6) is 0 Å². The van der Waals surface area contributed by atoms with Crippen LogP contribution in [0.1, 0.15) is 31.4 Å². The van der Waals surface area contributed by atoms with Crippen molar-refractivity contribution < 1.29 is 0 Å². The molecule has 2 saturated heterocycles. The zero-order valence-electron chi connectivity index (χ0n) is 11.0. The largest absolute Gasteiger partial charge is 0.316 e. The molecule has 0 aliphatic carbocycles. The van der Waals surface area contributed by atoms with Gasteiger partial charge in [0.05, 0.1) is 0 Å². The van der Waals surface area contributed by atoms with Crippen molar-refractivity contribution in [2.75, 3.05) is 26.2 Å². The zero-order chi connectivity index (χ0) is 12.6. The van der Waals surface area contributed by atoms with Gasteiger partial charge in [0.15, 0.2) is 0 Å². The minimum atomic E-state index is 0.429. The summed E-state index contributed by atoms with van der Waals surface area (Å²) in [5.41, 5.74) is 1.80. The summed E-state index contributed by atoms with van der Waals surface area (Å²) in [4.78, 5) is 2.59. The van der Waals surface area contributed by atoms with E-state index in [1.807, 2.05) is 12.1 Å². The van der Waals surface area contributed by atoms with Gasteiger partial charge in [-0.1, -0.05) is 29.8 Å². The molecule has 3 heteroatoms. The van der Waals surface area contributed by atoms with E-state index in [0.717, 1.165) is 5.02 Å². The van der Waals surface area contributed by atoms with Crippen molar-refractivity contribution in [2.24, 2.45) is 5.41 Å². The van der Waals surface area contributed by atoms with Gasteiger partial charge >= 0.3 is 0 Å². The first kappa shape index (κ1) is 12.5. The number of hydrogen-bond donors (Lipinski definition) is 1. The number of nitrogens with zero attached hydrogens (tertiary/aromatic N) is 1. The summed E-state index contributed by atoms with van der Waals surface area (Å²) in [7, 11) is 0. The van der Waals surface area contributed by atoms with E-state index in [0.29, 0.717) is 11.5 Å². The third kappa shape index (κ3) is 2.18. The molecule has 2 aliphatic heterocycles. The molecule has 98 valence electrons. The maximum absolute atomic E-state index is 6.31. The molecule has 1 spiro atoms. The van der Waals surface area contributed by atoms with E-state index in [9.17, 15) is 0 Å². The Labute approximate surface area is 114 Å². The van der Waals surface area contributed by atoms with E-state index in [-0.39, 0.29) is 0 Å². The Morgan fingerprint density at radius 1 is 1.33 bits per heavy atom. The average Bonchev–Trinajstić information content (AvgIpc) is 3.00. The fraction of sp³-hybridized carbons (Fsp3) is 0.600. The van der Waals surface area contributed by atoms with Crippen LogP contribution in [0.25, 0.3) is 0 Å². The van der Waals surface area contributed by atoms with E-state index in [2.05, 4.69) is 29.3 Å². The molecule has 1 N–H and O–H groups in total. The third-order valence-corrected chi connectivity index (χ3v) is 5.05. The molecule has 2 heterocycles. The second kappa shape index (κ2) is 4.84. The van der Waals surface area contributed by atoms with Crippen molar-refractivity contribution in [1.82, 2.24) is 10.2 Å². The van der Waals surface area contributed by atoms with Crippen molar-refractivity contribution in [1.29, 1.82) is 0 Å². The number of rotatable bonds is 2. The molecular weight excluding hydrogens is 244 g/mol. The molecule has 0 saturated carbocycles. The van der Waals surface area contributed by atoms with Gasteiger partial charge in [0.2, 0.25) is 0 Å². The van der Waals surface area contributed by atoms with Gasteiger partial charge < -0.3 is 5.32 Å². The number of halogens is 1. The van der Waals surface area contributed by atoms with Gasteiger partial charge in [-0.2, -0.15) is 0 Å². The highest BCUT2D eigenvalue weighted by Gasteiger charge is 2.41. The van der Waals surface area contributed by atoms with Crippen LogP contribution in [0.3, 0.4) is 0 Å². The van der Waals surface area contributed by atoms with E-state index in [1.54, 1.807) is 0 Å². The molecule has 0 radical (unpaired) electrons. The average molecular weight is 265 g/mol. The lowest BCUT2D eigenvalue weighted by atomic mass is 9.86. The van der Waals surface area contributed by atoms with Gasteiger partial charge in [-0.3, -0.25) is 4.90 Å². The predicted molar refractivity (Wildman–Crippen MR) is 76.0 cm³/mol. The van der Waals surface area contributed by atoms with E-state index >= 15 is 0 Å². The van der Waals surface area contributed by atoms with Crippen LogP contribution in [0.4, 0.5) is 0 Å². The highest BCUT2D eigenvalue weighted by Crippen LogP contribution is 2.40. The van der Waals surface area contributed by atoms with E-state index < -0.39 is 0 Å². The lowest BCUT2D eigenvalue weighted by Crippen LogP contribution is -2.30. The molecule has 0 bridgehead atoms. The summed E-state index contributed by atoms with van der Waals surface area (Å²) in [6.07, 6.45) is 2.66. The lowest BCUT2D eigenvalue weighted by molar-refractivity contribution is 0.224. The van der Waals surface area contributed by atoms with E-state index in [1.165, 1.54) is 44.6 Å². The number of hydrogen-bond acceptors (Lipinski definition) is 2. The minimum absolute atomic E-state index is 0.429. The summed E-state index contributed by atoms with van der Waals surface area (Å²) in [5, 5.41) is 4.41. The summed E-state index contributed by atoms with van der Waals surface area (Å²) < 4.78 is 0. The van der Waals surface area contributed by atoms with Crippen molar-refractivity contribution in [3.63, 3.8) is 0 Å². The van der Waals surface area contributed by atoms with Crippen LogP contribution >= 0.6 is 11.6 Å². The summed E-state index contributed by atoms with van der Waals surface area (Å²) in [6, 6.07) is 8.67. The molecule has 2 atom stereocenters. The fourth-order valence-corrected chi connectivity index (χ4v) is 3.75. The summed E-state index contributed by atoms with van der Waals surface area (Å²) >= 11 is 6.31. The highest BCUT2D eigenvalue weighted by atomic mass is 35.5. The first-order valence-electron chi connectivity index (χ1n) is 6.89. The topological polar surface area (TPSA) is 15.3 Å². The summed E-state index contributed by atoms with van der Waals surface area (Å²) in [5.74, 6) is 0. The molecule has 18 heavy (non-hydrogen) atoms. The maximum atomic E-state index is 6.31. The fourth-order valence-electron chi connectivity index (χ4n) is 3.45. The molecule has 2 nitrogen and oxygen atoms in total. The molecule has 1 aromatic rings. The van der Waals surface area contributed by atoms with E-state index in [4.69, 9.17) is 11.6 Å². The van der Waals surface area contributed by atoms with Gasteiger partial charge in [-0.05, 0) is 49.9 Å². The SMILES string of the molecule is CC(c1ccccc1Cl)N1CCC2(CCNC2)C1. The smallest absolute Gasteiger partial charge is 0.0453 e. The molecular formula is C15H21ClN2. The molecule has 0 amide bonds. The van der Waals surface area contributed by atoms with Crippen LogP contribution in [0.15, 0.2) is 24.3 Å². The second-order valence-electron chi connectivity index (χ2n) is 5.84. The molecule has 3 rings (SSSR count). The third-order valence-electron chi connectivity index (χ3n) is 4.70. The number of benzene rings is 1. The monoisotopic (exact) mass is 264 g/mol. The maximum Gasteiger partial charge on any atom is 0.0453 e. The van der Waals surface area contributed by atoms with Crippen LogP contribution in [0.2, 0.25) is 5.02 Å². The first-order chi connectivity index (χ1) is 8.70. The number of nitrogens with one attached hydrogen (secondary N) is 1. The Hall–Kier alpha value is -0.570. The molecule has 2 fully saturated rings. The van der Waals surface area contributed by atoms with Crippen molar-refractivity contribution in [3.8, 4) is 0 Å². The van der Waals surface area contributed by atoms with Gasteiger partial charge in [0.25, 0.3) is 0 Å². The number of likely N-dealkylation sites (tertiary alicyclic amines) is 1. The van der Waals surface area contributed by atoms with Crippen LogP contribution in [-0.2, 0) is 0 Å². The second-order valence-corrected chi connectivity index (χ2v) is 6.25. The standard InChI is InChI=1S/C15H21ClN2/c1-12(13-4-2-3-5-14(13)16)18-9-7-15(11-18)6-8-17-10-15/h2-5,12,17H,6-11H2,1H3. The highest BCUT2D eigenvalue weighted by molar-refractivity contribution is 6.31. The van der Waals surface area contributed by atoms with Crippen LogP contribution < -0.4 is 5.32 Å². The minimum Gasteiger partial charge on any atom is -0.316 e. The van der Waals surface area contributed by atoms with Gasteiger partial charge in [0, 0.05) is 24.2 Å². The van der Waals surface area contributed by atoms with Crippen molar-refractivity contribution in [2.45, 2.75) is 25.8 Å². The quantitative estimate of drug-likeness (QED) is 0.883. The van der Waals surface area contributed by atoms with Crippen LogP contribution in [0, 0.1) is 5.41 Å². The van der Waals surface area contributed by atoms with Crippen molar-refractivity contribution >= 4 is 11.6 Å². The molecule has 2 aliphatic rings. The van der Waals surface area contributed by atoms with Crippen LogP contribution in [-0.4, -0.2) is 31.1 Å². The molecule has 1 aromatic carbocycles. The van der Waals surface area contributed by atoms with Gasteiger partial charge in [0.1, 0.15) is 0 Å². The van der Waals surface area contributed by atoms with Gasteiger partial charge in [-0.25, -0.2) is 0 Å². The Kier molecular flexibility index (Phi) is 3.35. The zero-order valence-corrected chi connectivity index (χ0v) is 11.7. The Balaban J connectivity index is 1.74. The normalized spacial score (nSPS) is 30.1. The van der Waals surface area contributed by atoms with Crippen molar-refractivity contribution in [3.05, 3.63) is 34.9 Å². The Morgan fingerprint density at radius 3 is 2.89 bits per heavy atom. The first-order valence-corrected chi connectivity index (χ1v) is 7.27. The molecule has 2 unspecified atom stereocenters. The Bertz CT molecular complexity index is 426. The lowest BCUT2D eigenvalue weighted by Gasteiger charge is -2.28. The Morgan fingerprint density at radius 2 is 2.17 bits per heavy atom.